The summed E-state index contributed by atoms with van der Waals surface area (Å²) in [5.41, 5.74) is 0. The normalized spacial score (nSPS) is 13.3. The molecule has 5 nitrogen and oxygen atoms in total. The van der Waals surface area contributed by atoms with Crippen LogP contribution >= 0.6 is 0 Å². The molecule has 1 aromatic rings. The molecule has 0 heterocycles. The Balaban J connectivity index is 2.80. The molecular weight excluding hydrogens is 254 g/mol. The summed E-state index contributed by atoms with van der Waals surface area (Å²) in [6, 6.07) is 6.37. The molecule has 0 aliphatic heterocycles. The van der Waals surface area contributed by atoms with Crippen LogP contribution in [0.4, 0.5) is 0 Å². The minimum absolute atomic E-state index is 0.00816. The molecule has 0 aliphatic rings. The zero-order valence-electron chi connectivity index (χ0n) is 10.6. The number of hydrogen-bond donors (Lipinski definition) is 2. The first-order valence-corrected chi connectivity index (χ1v) is 7.30. The number of rotatable bonds is 7. The molecule has 102 valence electrons. The van der Waals surface area contributed by atoms with Gasteiger partial charge in [-0.3, -0.25) is 0 Å². The van der Waals surface area contributed by atoms with Crippen molar-refractivity contribution in [2.75, 3.05) is 13.7 Å². The van der Waals surface area contributed by atoms with Gasteiger partial charge >= 0.3 is 0 Å². The fraction of sp³-hybridized carbons (Fsp3) is 0.500. The number of nitrogens with one attached hydrogen (secondary N) is 1. The van der Waals surface area contributed by atoms with E-state index in [0.29, 0.717) is 6.42 Å². The van der Waals surface area contributed by atoms with E-state index in [1.54, 1.807) is 18.2 Å². The van der Waals surface area contributed by atoms with Crippen molar-refractivity contribution in [1.29, 1.82) is 0 Å². The molecule has 0 aliphatic carbocycles. The van der Waals surface area contributed by atoms with Gasteiger partial charge < -0.3 is 9.84 Å². The summed E-state index contributed by atoms with van der Waals surface area (Å²) < 4.78 is 31.4. The van der Waals surface area contributed by atoms with Crippen LogP contribution in [0.15, 0.2) is 29.2 Å². The minimum atomic E-state index is -3.65. The lowest BCUT2D eigenvalue weighted by atomic mass is 10.2. The van der Waals surface area contributed by atoms with E-state index in [9.17, 15) is 13.5 Å². The van der Waals surface area contributed by atoms with Crippen LogP contribution in [0.25, 0.3) is 0 Å². The maximum absolute atomic E-state index is 12.0. The highest BCUT2D eigenvalue weighted by Crippen LogP contribution is 2.22. The standard InChI is InChI=1S/C12H19NO4S/c1-3-6-10(14)9-13-18(15,16)12-8-5-4-7-11(12)17-2/h4-5,7-8,10,13-14H,3,6,9H2,1-2H3. The van der Waals surface area contributed by atoms with Crippen LogP contribution in [-0.4, -0.2) is 33.3 Å². The van der Waals surface area contributed by atoms with E-state index < -0.39 is 16.1 Å². The molecule has 0 fully saturated rings. The number of methoxy groups -OCH3 is 1. The van der Waals surface area contributed by atoms with Gasteiger partial charge in [-0.05, 0) is 18.6 Å². The average molecular weight is 273 g/mol. The summed E-state index contributed by atoms with van der Waals surface area (Å²) in [4.78, 5) is 0.0798. The number of aliphatic hydroxyl groups excluding tert-OH is 1. The van der Waals surface area contributed by atoms with Gasteiger partial charge in [-0.1, -0.05) is 25.5 Å². The highest BCUT2D eigenvalue weighted by molar-refractivity contribution is 7.89. The van der Waals surface area contributed by atoms with E-state index in [1.165, 1.54) is 13.2 Å². The molecule has 0 saturated heterocycles. The van der Waals surface area contributed by atoms with Crippen molar-refractivity contribution in [2.45, 2.75) is 30.8 Å². The van der Waals surface area contributed by atoms with Crippen LogP contribution in [0.3, 0.4) is 0 Å². The van der Waals surface area contributed by atoms with Crippen molar-refractivity contribution >= 4 is 10.0 Å². The Morgan fingerprint density at radius 2 is 2.06 bits per heavy atom. The van der Waals surface area contributed by atoms with E-state index in [1.807, 2.05) is 6.92 Å². The first-order valence-electron chi connectivity index (χ1n) is 5.82. The molecular formula is C12H19NO4S. The molecule has 0 spiro atoms. The third-order valence-corrected chi connectivity index (χ3v) is 3.95. The molecule has 1 atom stereocenters. The Morgan fingerprint density at radius 1 is 1.39 bits per heavy atom. The predicted molar refractivity (Wildman–Crippen MR) is 69.1 cm³/mol. The molecule has 18 heavy (non-hydrogen) atoms. The fourth-order valence-corrected chi connectivity index (χ4v) is 2.80. The maximum Gasteiger partial charge on any atom is 0.244 e. The van der Waals surface area contributed by atoms with Crippen molar-refractivity contribution in [3.63, 3.8) is 0 Å². The second-order valence-electron chi connectivity index (χ2n) is 3.95. The van der Waals surface area contributed by atoms with Gasteiger partial charge in [-0.25, -0.2) is 13.1 Å². The van der Waals surface area contributed by atoms with Gasteiger partial charge in [0.1, 0.15) is 10.6 Å². The number of para-hydroxylation sites is 1. The number of sulfonamides is 1. The minimum Gasteiger partial charge on any atom is -0.495 e. The van der Waals surface area contributed by atoms with Gasteiger partial charge in [0.05, 0.1) is 13.2 Å². The fourth-order valence-electron chi connectivity index (χ4n) is 1.56. The van der Waals surface area contributed by atoms with Gasteiger partial charge in [-0.15, -0.1) is 0 Å². The Kier molecular flexibility index (Phi) is 5.58. The Labute approximate surface area is 108 Å². The summed E-state index contributed by atoms with van der Waals surface area (Å²) in [6.45, 7) is 1.94. The van der Waals surface area contributed by atoms with E-state index in [4.69, 9.17) is 4.74 Å². The summed E-state index contributed by atoms with van der Waals surface area (Å²) in [7, 11) is -2.23. The van der Waals surface area contributed by atoms with Crippen molar-refractivity contribution < 1.29 is 18.3 Å². The van der Waals surface area contributed by atoms with Crippen molar-refractivity contribution in [1.82, 2.24) is 4.72 Å². The number of ether oxygens (including phenoxy) is 1. The molecule has 0 radical (unpaired) electrons. The quantitative estimate of drug-likeness (QED) is 0.781. The highest BCUT2D eigenvalue weighted by Gasteiger charge is 2.19. The first-order chi connectivity index (χ1) is 8.51. The molecule has 1 rings (SSSR count). The highest BCUT2D eigenvalue weighted by atomic mass is 32.2. The van der Waals surface area contributed by atoms with Crippen LogP contribution in [0.5, 0.6) is 5.75 Å². The van der Waals surface area contributed by atoms with Crippen molar-refractivity contribution in [3.8, 4) is 5.75 Å². The zero-order chi connectivity index (χ0) is 13.6. The van der Waals surface area contributed by atoms with Crippen LogP contribution in [0, 0.1) is 0 Å². The van der Waals surface area contributed by atoms with Gasteiger partial charge in [-0.2, -0.15) is 0 Å². The van der Waals surface area contributed by atoms with Crippen LogP contribution in [-0.2, 0) is 10.0 Å². The number of hydrogen-bond acceptors (Lipinski definition) is 4. The summed E-state index contributed by atoms with van der Waals surface area (Å²) >= 11 is 0. The Hall–Kier alpha value is -1.11. The lowest BCUT2D eigenvalue weighted by Gasteiger charge is -2.13. The largest absolute Gasteiger partial charge is 0.495 e. The molecule has 6 heteroatoms. The van der Waals surface area contributed by atoms with Crippen molar-refractivity contribution in [2.24, 2.45) is 0 Å². The van der Waals surface area contributed by atoms with Gasteiger partial charge in [0.25, 0.3) is 0 Å². The Morgan fingerprint density at radius 3 is 2.67 bits per heavy atom. The summed E-state index contributed by atoms with van der Waals surface area (Å²) in [5, 5.41) is 9.53. The smallest absolute Gasteiger partial charge is 0.244 e. The van der Waals surface area contributed by atoms with Crippen LogP contribution < -0.4 is 9.46 Å². The third-order valence-electron chi connectivity index (χ3n) is 2.49. The lowest BCUT2D eigenvalue weighted by molar-refractivity contribution is 0.167. The van der Waals surface area contributed by atoms with E-state index in [-0.39, 0.29) is 17.2 Å². The molecule has 1 unspecified atom stereocenters. The molecule has 2 N–H and O–H groups in total. The van der Waals surface area contributed by atoms with E-state index in [2.05, 4.69) is 4.72 Å². The van der Waals surface area contributed by atoms with E-state index in [0.717, 1.165) is 6.42 Å². The molecule has 0 aromatic heterocycles. The van der Waals surface area contributed by atoms with E-state index >= 15 is 0 Å². The monoisotopic (exact) mass is 273 g/mol. The Bertz CT molecular complexity index is 473. The SMILES string of the molecule is CCCC(O)CNS(=O)(=O)c1ccccc1OC. The molecule has 0 amide bonds. The van der Waals surface area contributed by atoms with Gasteiger partial charge in [0.15, 0.2) is 0 Å². The third kappa shape index (κ3) is 3.97. The molecule has 0 bridgehead atoms. The average Bonchev–Trinajstić information content (AvgIpc) is 2.37. The zero-order valence-corrected chi connectivity index (χ0v) is 11.4. The molecule has 1 aromatic carbocycles. The first kappa shape index (κ1) is 14.9. The second-order valence-corrected chi connectivity index (χ2v) is 5.68. The summed E-state index contributed by atoms with van der Waals surface area (Å²) in [5.74, 6) is 0.287. The van der Waals surface area contributed by atoms with Crippen LogP contribution in [0.2, 0.25) is 0 Å². The summed E-state index contributed by atoms with van der Waals surface area (Å²) in [6.07, 6.45) is 0.700. The topological polar surface area (TPSA) is 75.6 Å². The van der Waals surface area contributed by atoms with Gasteiger partial charge in [0, 0.05) is 6.54 Å². The van der Waals surface area contributed by atoms with Gasteiger partial charge in [0.2, 0.25) is 10.0 Å². The number of aliphatic hydroxyl groups is 1. The van der Waals surface area contributed by atoms with Crippen LogP contribution in [0.1, 0.15) is 19.8 Å². The predicted octanol–water partition coefficient (Wildman–Crippen LogP) is 1.13. The second kappa shape index (κ2) is 6.72. The lowest BCUT2D eigenvalue weighted by Crippen LogP contribution is -2.32. The maximum atomic E-state index is 12.0. The number of benzene rings is 1. The van der Waals surface area contributed by atoms with Crippen molar-refractivity contribution in [3.05, 3.63) is 24.3 Å². The molecule has 0 saturated carbocycles.